The first-order valence-corrected chi connectivity index (χ1v) is 3.70. The molecule has 0 aliphatic heterocycles. The number of rotatable bonds is 4. The Balaban J connectivity index is 3.20. The summed E-state index contributed by atoms with van der Waals surface area (Å²) in [6.45, 7) is 4.55. The maximum atomic E-state index is 10.6. The van der Waals surface area contributed by atoms with Gasteiger partial charge in [0, 0.05) is 18.1 Å². The third-order valence-corrected chi connectivity index (χ3v) is 1.16. The summed E-state index contributed by atoms with van der Waals surface area (Å²) in [7, 11) is 1.60. The van der Waals surface area contributed by atoms with Crippen LogP contribution in [0.2, 0.25) is 0 Å². The molecule has 0 atom stereocenters. The minimum atomic E-state index is -0.0197. The maximum Gasteiger partial charge on any atom is 0.233 e. The van der Waals surface area contributed by atoms with E-state index in [0.29, 0.717) is 13.1 Å². The van der Waals surface area contributed by atoms with Gasteiger partial charge in [0.25, 0.3) is 0 Å². The molecule has 0 fully saturated rings. The van der Waals surface area contributed by atoms with Crippen molar-refractivity contribution in [3.05, 3.63) is 11.1 Å². The van der Waals surface area contributed by atoms with E-state index in [-0.39, 0.29) is 5.91 Å². The van der Waals surface area contributed by atoms with Gasteiger partial charge in [0.2, 0.25) is 5.91 Å². The van der Waals surface area contributed by atoms with Crippen molar-refractivity contribution < 1.29 is 4.79 Å². The zero-order valence-corrected chi connectivity index (χ0v) is 7.49. The summed E-state index contributed by atoms with van der Waals surface area (Å²) in [5, 5.41) is 5.37. The molecule has 0 spiro atoms. The van der Waals surface area contributed by atoms with E-state index in [1.807, 2.05) is 0 Å². The van der Waals surface area contributed by atoms with Gasteiger partial charge in [0.15, 0.2) is 0 Å². The van der Waals surface area contributed by atoms with Crippen molar-refractivity contribution in [1.29, 1.82) is 0 Å². The van der Waals surface area contributed by atoms with Gasteiger partial charge in [-0.15, -0.1) is 0 Å². The van der Waals surface area contributed by atoms with Crippen molar-refractivity contribution in [2.75, 3.05) is 20.1 Å². The summed E-state index contributed by atoms with van der Waals surface area (Å²) < 4.78 is 0.844. The largest absolute Gasteiger partial charge is 0.358 e. The van der Waals surface area contributed by atoms with Crippen LogP contribution >= 0.6 is 15.9 Å². The first-order valence-electron chi connectivity index (χ1n) is 2.91. The topological polar surface area (TPSA) is 41.1 Å². The molecule has 0 heterocycles. The van der Waals surface area contributed by atoms with Crippen LogP contribution < -0.4 is 10.6 Å². The third-order valence-electron chi connectivity index (χ3n) is 0.881. The third kappa shape index (κ3) is 5.78. The van der Waals surface area contributed by atoms with Crippen molar-refractivity contribution in [1.82, 2.24) is 10.6 Å². The van der Waals surface area contributed by atoms with Crippen LogP contribution in [-0.2, 0) is 4.79 Å². The lowest BCUT2D eigenvalue weighted by atomic mass is 10.5. The lowest BCUT2D eigenvalue weighted by Gasteiger charge is -2.00. The number of nitrogens with one attached hydrogen (secondary N) is 2. The van der Waals surface area contributed by atoms with Crippen LogP contribution in [0.25, 0.3) is 0 Å². The Bertz CT molecular complexity index is 136. The molecule has 4 heteroatoms. The highest BCUT2D eigenvalue weighted by Gasteiger charge is 1.94. The van der Waals surface area contributed by atoms with E-state index in [0.717, 1.165) is 4.48 Å². The molecule has 0 rings (SSSR count). The smallest absolute Gasteiger partial charge is 0.233 e. The molecule has 0 aromatic carbocycles. The molecular formula is C6H11BrN2O. The fourth-order valence-corrected chi connectivity index (χ4v) is 0.598. The van der Waals surface area contributed by atoms with E-state index in [2.05, 4.69) is 33.1 Å². The maximum absolute atomic E-state index is 10.6. The molecule has 0 aliphatic carbocycles. The molecule has 0 unspecified atom stereocenters. The molecule has 0 saturated heterocycles. The molecule has 0 radical (unpaired) electrons. The van der Waals surface area contributed by atoms with Crippen LogP contribution in [0.1, 0.15) is 0 Å². The number of hydrogen-bond acceptors (Lipinski definition) is 2. The molecule has 0 aliphatic rings. The van der Waals surface area contributed by atoms with Gasteiger partial charge in [-0.2, -0.15) is 0 Å². The highest BCUT2D eigenvalue weighted by Crippen LogP contribution is 1.95. The van der Waals surface area contributed by atoms with E-state index < -0.39 is 0 Å². The van der Waals surface area contributed by atoms with Gasteiger partial charge in [-0.1, -0.05) is 22.5 Å². The van der Waals surface area contributed by atoms with Crippen molar-refractivity contribution in [2.45, 2.75) is 0 Å². The van der Waals surface area contributed by atoms with Crippen molar-refractivity contribution in [3.8, 4) is 0 Å². The molecule has 2 N–H and O–H groups in total. The lowest BCUT2D eigenvalue weighted by molar-refractivity contribution is -0.119. The first-order chi connectivity index (χ1) is 4.66. The summed E-state index contributed by atoms with van der Waals surface area (Å²) in [6, 6.07) is 0. The highest BCUT2D eigenvalue weighted by molar-refractivity contribution is 9.11. The average Bonchev–Trinajstić information content (AvgIpc) is 1.87. The molecular weight excluding hydrogens is 196 g/mol. The van der Waals surface area contributed by atoms with E-state index in [9.17, 15) is 4.79 Å². The first kappa shape index (κ1) is 9.65. The molecule has 3 nitrogen and oxygen atoms in total. The molecule has 0 saturated carbocycles. The van der Waals surface area contributed by atoms with Crippen LogP contribution in [0.15, 0.2) is 11.1 Å². The fraction of sp³-hybridized carbons (Fsp3) is 0.500. The monoisotopic (exact) mass is 206 g/mol. The number of halogens is 1. The second-order valence-corrected chi connectivity index (χ2v) is 2.92. The Hall–Kier alpha value is -0.350. The zero-order chi connectivity index (χ0) is 7.98. The van der Waals surface area contributed by atoms with E-state index in [4.69, 9.17) is 0 Å². The van der Waals surface area contributed by atoms with Gasteiger partial charge < -0.3 is 10.6 Å². The Morgan fingerprint density at radius 3 is 2.60 bits per heavy atom. The molecule has 58 valence electrons. The Kier molecular flexibility index (Phi) is 5.25. The average molecular weight is 207 g/mol. The minimum Gasteiger partial charge on any atom is -0.358 e. The van der Waals surface area contributed by atoms with Gasteiger partial charge in [0.1, 0.15) is 0 Å². The predicted molar refractivity (Wildman–Crippen MR) is 45.0 cm³/mol. The summed E-state index contributed by atoms with van der Waals surface area (Å²) in [6.07, 6.45) is 0. The number of likely N-dealkylation sites (N-methyl/N-ethyl adjacent to an activating group) is 1. The van der Waals surface area contributed by atoms with Crippen LogP contribution in [0.3, 0.4) is 0 Å². The minimum absolute atomic E-state index is 0.0197. The quantitative estimate of drug-likeness (QED) is 0.692. The molecule has 0 aromatic rings. The summed E-state index contributed by atoms with van der Waals surface area (Å²) in [4.78, 5) is 10.6. The second-order valence-electron chi connectivity index (χ2n) is 1.79. The van der Waals surface area contributed by atoms with Crippen LogP contribution in [0.5, 0.6) is 0 Å². The second kappa shape index (κ2) is 5.44. The lowest BCUT2D eigenvalue weighted by Crippen LogP contribution is -2.31. The Morgan fingerprint density at radius 1 is 1.60 bits per heavy atom. The number of amides is 1. The Morgan fingerprint density at radius 2 is 2.20 bits per heavy atom. The van der Waals surface area contributed by atoms with E-state index in [1.54, 1.807) is 7.05 Å². The van der Waals surface area contributed by atoms with Crippen molar-refractivity contribution in [3.63, 3.8) is 0 Å². The van der Waals surface area contributed by atoms with Gasteiger partial charge >= 0.3 is 0 Å². The summed E-state index contributed by atoms with van der Waals surface area (Å²) in [5.41, 5.74) is 0. The van der Waals surface area contributed by atoms with Crippen LogP contribution in [0, 0.1) is 0 Å². The number of carbonyl (C=O) groups is 1. The van der Waals surface area contributed by atoms with Gasteiger partial charge in [-0.3, -0.25) is 4.79 Å². The van der Waals surface area contributed by atoms with Crippen LogP contribution in [0.4, 0.5) is 0 Å². The van der Waals surface area contributed by atoms with Crippen LogP contribution in [-0.4, -0.2) is 26.0 Å². The SMILES string of the molecule is C=C(Br)CNCC(=O)NC. The van der Waals surface area contributed by atoms with Gasteiger partial charge in [0.05, 0.1) is 6.54 Å². The Labute approximate surface area is 69.0 Å². The fourth-order valence-electron chi connectivity index (χ4n) is 0.400. The normalized spacial score (nSPS) is 9.00. The number of hydrogen-bond donors (Lipinski definition) is 2. The molecule has 1 amide bonds. The highest BCUT2D eigenvalue weighted by atomic mass is 79.9. The number of carbonyl (C=O) groups excluding carboxylic acids is 1. The van der Waals surface area contributed by atoms with Crippen molar-refractivity contribution >= 4 is 21.8 Å². The van der Waals surface area contributed by atoms with E-state index >= 15 is 0 Å². The van der Waals surface area contributed by atoms with E-state index in [1.165, 1.54) is 0 Å². The zero-order valence-electron chi connectivity index (χ0n) is 5.91. The summed E-state index contributed by atoms with van der Waals surface area (Å²) >= 11 is 3.16. The molecule has 0 aromatic heterocycles. The molecule has 0 bridgehead atoms. The van der Waals surface area contributed by atoms with Gasteiger partial charge in [-0.25, -0.2) is 0 Å². The van der Waals surface area contributed by atoms with Gasteiger partial charge in [-0.05, 0) is 0 Å². The standard InChI is InChI=1S/C6H11BrN2O/c1-5(7)3-9-4-6(10)8-2/h9H,1,3-4H2,2H3,(H,8,10). The van der Waals surface area contributed by atoms with Crippen molar-refractivity contribution in [2.24, 2.45) is 0 Å². The summed E-state index contributed by atoms with van der Waals surface area (Å²) in [5.74, 6) is -0.0197. The molecule has 10 heavy (non-hydrogen) atoms. The predicted octanol–water partition coefficient (Wildman–Crippen LogP) is 0.231.